The number of carbonyl (C=O) groups is 1. The van der Waals surface area contributed by atoms with Crippen LogP contribution in [0.15, 0.2) is 33.5 Å². The van der Waals surface area contributed by atoms with Gasteiger partial charge in [-0.25, -0.2) is 4.98 Å². The van der Waals surface area contributed by atoms with Gasteiger partial charge in [0.15, 0.2) is 0 Å². The molecule has 140 valence electrons. The largest absolute Gasteiger partial charge is 0.351 e. The Morgan fingerprint density at radius 1 is 1.37 bits per heavy atom. The molecule has 0 spiro atoms. The first-order valence-electron chi connectivity index (χ1n) is 8.72. The highest BCUT2D eigenvalue weighted by Gasteiger charge is 2.21. The van der Waals surface area contributed by atoms with Gasteiger partial charge in [0.05, 0.1) is 16.9 Å². The third-order valence-electron chi connectivity index (χ3n) is 4.47. The number of hydrogen-bond donors (Lipinski definition) is 2. The van der Waals surface area contributed by atoms with Crippen molar-refractivity contribution in [3.8, 4) is 0 Å². The van der Waals surface area contributed by atoms with Crippen LogP contribution < -0.4 is 10.9 Å². The molecule has 0 radical (unpaired) electrons. The molecular formula is C19H18BrN3O2S2. The molecule has 4 rings (SSSR count). The summed E-state index contributed by atoms with van der Waals surface area (Å²) < 4.78 is 0.994. The lowest BCUT2D eigenvalue weighted by atomic mass is 10.2. The summed E-state index contributed by atoms with van der Waals surface area (Å²) in [5.74, 6) is 1.45. The summed E-state index contributed by atoms with van der Waals surface area (Å²) in [5, 5.41) is 3.68. The Bertz CT molecular complexity index is 1060. The second kappa shape index (κ2) is 8.16. The van der Waals surface area contributed by atoms with Gasteiger partial charge in [-0.2, -0.15) is 0 Å². The van der Waals surface area contributed by atoms with Crippen LogP contribution in [0.4, 0.5) is 0 Å². The first kappa shape index (κ1) is 18.7. The average Bonchev–Trinajstić information content (AvgIpc) is 3.20. The van der Waals surface area contributed by atoms with Crippen LogP contribution in [0.3, 0.4) is 0 Å². The monoisotopic (exact) mass is 463 g/mol. The van der Waals surface area contributed by atoms with E-state index in [1.54, 1.807) is 11.3 Å². The van der Waals surface area contributed by atoms with Crippen LogP contribution in [-0.2, 0) is 29.9 Å². The van der Waals surface area contributed by atoms with Crippen LogP contribution >= 0.6 is 39.0 Å². The Hall–Kier alpha value is -1.64. The number of benzene rings is 1. The predicted molar refractivity (Wildman–Crippen MR) is 114 cm³/mol. The fourth-order valence-electron chi connectivity index (χ4n) is 3.25. The van der Waals surface area contributed by atoms with Crippen LogP contribution in [0.25, 0.3) is 10.2 Å². The maximum Gasteiger partial charge on any atom is 0.259 e. The van der Waals surface area contributed by atoms with Gasteiger partial charge in [-0.3, -0.25) is 9.59 Å². The molecule has 1 aliphatic rings. The SMILES string of the molecule is O=C(CSCc1nc2sc3c(c2c(=O)[nH]1)CCC3)NCc1cccc(Br)c1. The predicted octanol–water partition coefficient (Wildman–Crippen LogP) is 3.79. The topological polar surface area (TPSA) is 74.8 Å². The summed E-state index contributed by atoms with van der Waals surface area (Å²) >= 11 is 6.51. The van der Waals surface area contributed by atoms with Crippen molar-refractivity contribution in [2.75, 3.05) is 5.75 Å². The van der Waals surface area contributed by atoms with Crippen LogP contribution in [0.1, 0.15) is 28.2 Å². The molecule has 0 aliphatic heterocycles. The summed E-state index contributed by atoms with van der Waals surface area (Å²) in [4.78, 5) is 34.1. The van der Waals surface area contributed by atoms with Crippen molar-refractivity contribution in [3.63, 3.8) is 0 Å². The summed E-state index contributed by atoms with van der Waals surface area (Å²) in [6.45, 7) is 0.501. The third kappa shape index (κ3) is 4.28. The first-order valence-corrected chi connectivity index (χ1v) is 11.5. The Morgan fingerprint density at radius 3 is 3.11 bits per heavy atom. The normalized spacial score (nSPS) is 13.1. The molecule has 2 aromatic heterocycles. The molecule has 0 saturated heterocycles. The number of halogens is 1. The van der Waals surface area contributed by atoms with Crippen molar-refractivity contribution in [1.29, 1.82) is 0 Å². The van der Waals surface area contributed by atoms with Gasteiger partial charge in [0, 0.05) is 15.9 Å². The number of thiophene rings is 1. The van der Waals surface area contributed by atoms with Crippen molar-refractivity contribution in [3.05, 3.63) is 60.9 Å². The van der Waals surface area contributed by atoms with E-state index in [0.29, 0.717) is 23.9 Å². The molecule has 3 aromatic rings. The van der Waals surface area contributed by atoms with Crippen molar-refractivity contribution in [1.82, 2.24) is 15.3 Å². The van der Waals surface area contributed by atoms with E-state index >= 15 is 0 Å². The highest BCUT2D eigenvalue weighted by molar-refractivity contribution is 9.10. The number of aromatic amines is 1. The van der Waals surface area contributed by atoms with E-state index in [9.17, 15) is 9.59 Å². The summed E-state index contributed by atoms with van der Waals surface area (Å²) in [6, 6.07) is 7.85. The van der Waals surface area contributed by atoms with Crippen molar-refractivity contribution in [2.24, 2.45) is 0 Å². The second-order valence-electron chi connectivity index (χ2n) is 6.45. The molecule has 8 heteroatoms. The van der Waals surface area contributed by atoms with E-state index in [2.05, 4.69) is 31.2 Å². The number of nitrogens with one attached hydrogen (secondary N) is 2. The number of aryl methyl sites for hydroxylation is 2. The molecule has 1 amide bonds. The van der Waals surface area contributed by atoms with E-state index in [1.807, 2.05) is 24.3 Å². The van der Waals surface area contributed by atoms with E-state index in [0.717, 1.165) is 39.5 Å². The van der Waals surface area contributed by atoms with Crippen LogP contribution in [-0.4, -0.2) is 21.6 Å². The minimum absolute atomic E-state index is 0.0292. The fraction of sp³-hybridized carbons (Fsp3) is 0.316. The van der Waals surface area contributed by atoms with Gasteiger partial charge in [0.1, 0.15) is 10.7 Å². The van der Waals surface area contributed by atoms with Gasteiger partial charge in [0.25, 0.3) is 5.56 Å². The van der Waals surface area contributed by atoms with Gasteiger partial charge in [-0.1, -0.05) is 28.1 Å². The maximum atomic E-state index is 12.4. The van der Waals surface area contributed by atoms with Gasteiger partial charge < -0.3 is 10.3 Å². The van der Waals surface area contributed by atoms with Crippen LogP contribution in [0.2, 0.25) is 0 Å². The Morgan fingerprint density at radius 2 is 2.26 bits per heavy atom. The van der Waals surface area contributed by atoms with Gasteiger partial charge in [-0.15, -0.1) is 23.1 Å². The number of hydrogen-bond acceptors (Lipinski definition) is 5. The molecule has 1 aliphatic carbocycles. The van der Waals surface area contributed by atoms with Crippen LogP contribution in [0, 0.1) is 0 Å². The molecule has 0 saturated carbocycles. The number of aromatic nitrogens is 2. The second-order valence-corrected chi connectivity index (χ2v) is 9.43. The smallest absolute Gasteiger partial charge is 0.259 e. The summed E-state index contributed by atoms with van der Waals surface area (Å²) in [6.07, 6.45) is 3.16. The standard InChI is InChI=1S/C19H18BrN3O2S2/c20-12-4-1-3-11(7-12)8-21-16(24)10-26-9-15-22-18(25)17-13-5-2-6-14(13)27-19(17)23-15/h1,3-4,7H,2,5-6,8-10H2,(H,21,24)(H,22,23,25). The Kier molecular flexibility index (Phi) is 5.66. The molecular weight excluding hydrogens is 446 g/mol. The number of fused-ring (bicyclic) bond motifs is 3. The molecule has 0 bridgehead atoms. The molecule has 0 atom stereocenters. The maximum absolute atomic E-state index is 12.4. The minimum atomic E-state index is -0.0471. The number of carbonyl (C=O) groups excluding carboxylic acids is 1. The summed E-state index contributed by atoms with van der Waals surface area (Å²) in [5.41, 5.74) is 2.19. The Balaban J connectivity index is 1.32. The van der Waals surface area contributed by atoms with Crippen LogP contribution in [0.5, 0.6) is 0 Å². The quantitative estimate of drug-likeness (QED) is 0.582. The van der Waals surface area contributed by atoms with E-state index in [1.165, 1.54) is 22.2 Å². The van der Waals surface area contributed by atoms with Crippen molar-refractivity contribution >= 4 is 55.2 Å². The lowest BCUT2D eigenvalue weighted by Gasteiger charge is -2.06. The third-order valence-corrected chi connectivity index (χ3v) is 7.10. The highest BCUT2D eigenvalue weighted by atomic mass is 79.9. The summed E-state index contributed by atoms with van der Waals surface area (Å²) in [7, 11) is 0. The highest BCUT2D eigenvalue weighted by Crippen LogP contribution is 2.34. The fourth-order valence-corrected chi connectivity index (χ4v) is 5.70. The molecule has 2 N–H and O–H groups in total. The van der Waals surface area contributed by atoms with Gasteiger partial charge in [-0.05, 0) is 42.5 Å². The van der Waals surface area contributed by atoms with Crippen molar-refractivity contribution in [2.45, 2.75) is 31.6 Å². The lowest BCUT2D eigenvalue weighted by Crippen LogP contribution is -2.24. The molecule has 1 aromatic carbocycles. The molecule has 0 fully saturated rings. The van der Waals surface area contributed by atoms with Gasteiger partial charge >= 0.3 is 0 Å². The lowest BCUT2D eigenvalue weighted by molar-refractivity contribution is -0.118. The minimum Gasteiger partial charge on any atom is -0.351 e. The number of thioether (sulfide) groups is 1. The van der Waals surface area contributed by atoms with Gasteiger partial charge in [0.2, 0.25) is 5.91 Å². The number of nitrogens with zero attached hydrogens (tertiary/aromatic N) is 1. The zero-order valence-electron chi connectivity index (χ0n) is 14.5. The molecule has 27 heavy (non-hydrogen) atoms. The van der Waals surface area contributed by atoms with Crippen molar-refractivity contribution < 1.29 is 4.79 Å². The molecule has 0 unspecified atom stereocenters. The molecule has 2 heterocycles. The first-order chi connectivity index (χ1) is 13.1. The Labute approximate surface area is 173 Å². The van der Waals surface area contributed by atoms with E-state index in [-0.39, 0.29) is 11.5 Å². The van der Waals surface area contributed by atoms with E-state index in [4.69, 9.17) is 0 Å². The average molecular weight is 464 g/mol. The number of rotatable bonds is 6. The number of amides is 1. The zero-order valence-corrected chi connectivity index (χ0v) is 17.7. The zero-order chi connectivity index (χ0) is 18.8. The molecule has 5 nitrogen and oxygen atoms in total. The number of H-pyrrole nitrogens is 1. The van der Waals surface area contributed by atoms with E-state index < -0.39 is 0 Å².